The number of aliphatic hydroxyl groups excluding tert-OH is 1. The third-order valence-electron chi connectivity index (χ3n) is 9.13. The lowest BCUT2D eigenvalue weighted by molar-refractivity contribution is -0.145. The van der Waals surface area contributed by atoms with Gasteiger partial charge in [-0.1, -0.05) is 68.5 Å². The Hall–Kier alpha value is -3.56. The Balaban J connectivity index is 1.42. The van der Waals surface area contributed by atoms with Gasteiger partial charge in [0.15, 0.2) is 0 Å². The lowest BCUT2D eigenvalue weighted by Crippen LogP contribution is -2.57. The van der Waals surface area contributed by atoms with Gasteiger partial charge >= 0.3 is 0 Å². The summed E-state index contributed by atoms with van der Waals surface area (Å²) in [4.78, 5) is 48.9. The number of carbonyl (C=O) groups is 3. The number of likely N-dealkylation sites (tertiary alicyclic amines) is 1. The van der Waals surface area contributed by atoms with Crippen LogP contribution in [0.1, 0.15) is 25.8 Å². The van der Waals surface area contributed by atoms with E-state index in [1.165, 1.54) is 0 Å². The molecule has 8 nitrogen and oxygen atoms in total. The van der Waals surface area contributed by atoms with Crippen molar-refractivity contribution in [3.8, 4) is 5.75 Å². The van der Waals surface area contributed by atoms with Gasteiger partial charge in [0.1, 0.15) is 11.8 Å². The second kappa shape index (κ2) is 11.8. The third-order valence-corrected chi connectivity index (χ3v) is 10.9. The minimum atomic E-state index is -0.940. The molecule has 0 saturated carbocycles. The van der Waals surface area contributed by atoms with Crippen LogP contribution < -0.4 is 9.64 Å². The van der Waals surface area contributed by atoms with Gasteiger partial charge in [0.25, 0.3) is 5.91 Å². The van der Waals surface area contributed by atoms with E-state index in [2.05, 4.69) is 6.08 Å². The number of hydrogen-bond acceptors (Lipinski definition) is 6. The molecule has 0 bridgehead atoms. The molecule has 1 spiro atoms. The fraction of sp³-hybridized carbons (Fsp3) is 0.441. The second-order valence-electron chi connectivity index (χ2n) is 12.2. The number of methoxy groups -OCH3 is 1. The molecule has 6 atom stereocenters. The summed E-state index contributed by atoms with van der Waals surface area (Å²) in [6.45, 7) is 5.09. The van der Waals surface area contributed by atoms with E-state index in [0.717, 1.165) is 5.56 Å². The molecule has 2 saturated heterocycles. The molecule has 3 amide bonds. The third kappa shape index (κ3) is 5.06. The average Bonchev–Trinajstić information content (AvgIpc) is 3.34. The summed E-state index contributed by atoms with van der Waals surface area (Å²) < 4.78 is 4.38. The molecular formula is C34H39N3O5S. The summed E-state index contributed by atoms with van der Waals surface area (Å²) >= 11 is 1.56. The maximum atomic E-state index is 14.7. The molecule has 2 aromatic rings. The molecule has 9 heteroatoms. The topological polar surface area (TPSA) is 90.4 Å². The minimum Gasteiger partial charge on any atom is -0.497 e. The maximum Gasteiger partial charge on any atom is 0.251 e. The van der Waals surface area contributed by atoms with E-state index in [1.807, 2.05) is 91.6 Å². The molecule has 1 unspecified atom stereocenters. The number of amides is 3. The number of rotatable bonds is 8. The minimum absolute atomic E-state index is 0.0660. The predicted molar refractivity (Wildman–Crippen MR) is 168 cm³/mol. The zero-order chi connectivity index (χ0) is 30.3. The van der Waals surface area contributed by atoms with Crippen molar-refractivity contribution < 1.29 is 24.2 Å². The molecule has 6 rings (SSSR count). The first-order chi connectivity index (χ1) is 20.8. The maximum absolute atomic E-state index is 14.7. The highest BCUT2D eigenvalue weighted by Crippen LogP contribution is 2.61. The van der Waals surface area contributed by atoms with Gasteiger partial charge in [-0.2, -0.15) is 0 Å². The Kier molecular flexibility index (Phi) is 8.13. The number of anilines is 1. The molecule has 0 radical (unpaired) electrons. The first-order valence-electron chi connectivity index (χ1n) is 15.0. The van der Waals surface area contributed by atoms with Crippen molar-refractivity contribution in [2.45, 2.75) is 48.9 Å². The van der Waals surface area contributed by atoms with Gasteiger partial charge < -0.3 is 24.5 Å². The van der Waals surface area contributed by atoms with Crippen molar-refractivity contribution in [3.05, 3.63) is 84.5 Å². The zero-order valence-corrected chi connectivity index (χ0v) is 25.7. The van der Waals surface area contributed by atoms with Crippen molar-refractivity contribution >= 4 is 35.2 Å². The highest BCUT2D eigenvalue weighted by Gasteiger charge is 2.71. The number of fused-ring (bicyclic) bond motifs is 2. The van der Waals surface area contributed by atoms with Crippen LogP contribution in [-0.2, 0) is 20.9 Å². The zero-order valence-electron chi connectivity index (χ0n) is 24.8. The van der Waals surface area contributed by atoms with Crippen molar-refractivity contribution in [2.24, 2.45) is 17.8 Å². The Morgan fingerprint density at radius 2 is 1.72 bits per heavy atom. The van der Waals surface area contributed by atoms with Crippen LogP contribution in [0.2, 0.25) is 0 Å². The van der Waals surface area contributed by atoms with Crippen LogP contribution in [0.4, 0.5) is 5.69 Å². The van der Waals surface area contributed by atoms with Crippen molar-refractivity contribution in [1.29, 1.82) is 0 Å². The fourth-order valence-corrected chi connectivity index (χ4v) is 9.28. The standard InChI is InChI=1S/C34H39N3O5S/c1-22(2)19-25(21-38)37-30-33(41)36(24-12-14-26(42-3)15-13-24)18-8-16-34(30)29(32(37)40)28-27(43-34)11-7-17-35(31(28)39)20-23-9-5-4-6-10-23/h4-16,22,25,27-30,38H,17-21H2,1-3H3/t25-,27+,28-,29+,30?,34+/m1/s1. The molecule has 4 aliphatic heterocycles. The molecule has 4 aliphatic rings. The summed E-state index contributed by atoms with van der Waals surface area (Å²) in [6.07, 6.45) is 8.62. The summed E-state index contributed by atoms with van der Waals surface area (Å²) in [7, 11) is 1.60. The van der Waals surface area contributed by atoms with Crippen molar-refractivity contribution in [3.63, 3.8) is 0 Å². The summed E-state index contributed by atoms with van der Waals surface area (Å²) in [6, 6.07) is 15.8. The highest BCUT2D eigenvalue weighted by atomic mass is 32.2. The molecule has 2 fully saturated rings. The van der Waals surface area contributed by atoms with Crippen LogP contribution in [0, 0.1) is 17.8 Å². The predicted octanol–water partition coefficient (Wildman–Crippen LogP) is 3.90. The molecule has 43 heavy (non-hydrogen) atoms. The molecule has 4 heterocycles. The van der Waals surface area contributed by atoms with E-state index in [-0.39, 0.29) is 35.5 Å². The number of aliphatic hydroxyl groups is 1. The number of nitrogens with zero attached hydrogens (tertiary/aromatic N) is 3. The number of hydrogen-bond donors (Lipinski definition) is 1. The Labute approximate surface area is 257 Å². The van der Waals surface area contributed by atoms with E-state index in [1.54, 1.807) is 28.7 Å². The monoisotopic (exact) mass is 601 g/mol. The molecule has 226 valence electrons. The Bertz CT molecular complexity index is 1430. The SMILES string of the molecule is COc1ccc(N2CC=C[C@]34S[C@H]5C=CCN(Cc6ccccc6)C(=O)[C@H]5[C@H]3C(=O)N([C@@H](CO)CC(C)C)C4C2=O)cc1. The van der Waals surface area contributed by atoms with Gasteiger partial charge in [-0.15, -0.1) is 11.8 Å². The van der Waals surface area contributed by atoms with Gasteiger partial charge in [0.2, 0.25) is 11.8 Å². The molecule has 0 aliphatic carbocycles. The van der Waals surface area contributed by atoms with Crippen LogP contribution >= 0.6 is 11.8 Å². The van der Waals surface area contributed by atoms with Gasteiger partial charge in [-0.25, -0.2) is 0 Å². The van der Waals surface area contributed by atoms with Crippen LogP contribution in [0.5, 0.6) is 5.75 Å². The first kappa shape index (κ1) is 29.5. The quantitative estimate of drug-likeness (QED) is 0.462. The number of ether oxygens (including phenoxy) is 1. The van der Waals surface area contributed by atoms with Crippen LogP contribution in [0.25, 0.3) is 0 Å². The van der Waals surface area contributed by atoms with Gasteiger partial charge in [0, 0.05) is 30.6 Å². The van der Waals surface area contributed by atoms with Gasteiger partial charge in [-0.3, -0.25) is 14.4 Å². The fourth-order valence-electron chi connectivity index (χ4n) is 7.28. The lowest BCUT2D eigenvalue weighted by Gasteiger charge is -2.39. The van der Waals surface area contributed by atoms with Crippen LogP contribution in [-0.4, -0.2) is 81.5 Å². The summed E-state index contributed by atoms with van der Waals surface area (Å²) in [5, 5.41) is 10.4. The molecule has 2 aromatic carbocycles. The Morgan fingerprint density at radius 3 is 2.40 bits per heavy atom. The number of benzene rings is 2. The summed E-state index contributed by atoms with van der Waals surface area (Å²) in [5.41, 5.74) is 1.73. The number of carbonyl (C=O) groups excluding carboxylic acids is 3. The average molecular weight is 602 g/mol. The van der Waals surface area contributed by atoms with Gasteiger partial charge in [0.05, 0.1) is 36.3 Å². The van der Waals surface area contributed by atoms with Crippen LogP contribution in [0.3, 0.4) is 0 Å². The second-order valence-corrected chi connectivity index (χ2v) is 13.7. The smallest absolute Gasteiger partial charge is 0.251 e. The van der Waals surface area contributed by atoms with E-state index in [9.17, 15) is 19.5 Å². The summed E-state index contributed by atoms with van der Waals surface area (Å²) in [5.74, 6) is -0.945. The van der Waals surface area contributed by atoms with E-state index >= 15 is 0 Å². The number of thioether (sulfide) groups is 1. The first-order valence-corrected chi connectivity index (χ1v) is 15.9. The van der Waals surface area contributed by atoms with E-state index in [0.29, 0.717) is 37.5 Å². The van der Waals surface area contributed by atoms with Crippen molar-refractivity contribution in [1.82, 2.24) is 9.80 Å². The van der Waals surface area contributed by atoms with Crippen molar-refractivity contribution in [2.75, 3.05) is 31.7 Å². The molecular weight excluding hydrogens is 562 g/mol. The van der Waals surface area contributed by atoms with E-state index in [4.69, 9.17) is 4.74 Å². The normalized spacial score (nSPS) is 29.0. The highest BCUT2D eigenvalue weighted by molar-refractivity contribution is 8.02. The Morgan fingerprint density at radius 1 is 0.977 bits per heavy atom. The van der Waals surface area contributed by atoms with Crippen LogP contribution in [0.15, 0.2) is 78.9 Å². The largest absolute Gasteiger partial charge is 0.497 e. The van der Waals surface area contributed by atoms with E-state index < -0.39 is 28.7 Å². The lowest BCUT2D eigenvalue weighted by atomic mass is 9.78. The molecule has 1 N–H and O–H groups in total. The van der Waals surface area contributed by atoms with Gasteiger partial charge in [-0.05, 0) is 42.2 Å². The molecule has 0 aromatic heterocycles.